The van der Waals surface area contributed by atoms with Gasteiger partial charge in [0.05, 0.1) is 0 Å². The summed E-state index contributed by atoms with van der Waals surface area (Å²) < 4.78 is 2.44. The molecule has 4 heteroatoms. The number of hydrogen-bond acceptors (Lipinski definition) is 2. The van der Waals surface area contributed by atoms with Gasteiger partial charge in [0.2, 0.25) is 4.77 Å². The summed E-state index contributed by atoms with van der Waals surface area (Å²) in [6, 6.07) is 0. The molecule has 1 aromatic heterocycles. The van der Waals surface area contributed by atoms with Crippen LogP contribution in [-0.4, -0.2) is 14.8 Å². The Kier molecular flexibility index (Phi) is 1.75. The monoisotopic (exact) mass is 211 g/mol. The number of aromatic amines is 1. The maximum Gasteiger partial charge on any atom is 0.215 e. The van der Waals surface area contributed by atoms with Crippen LogP contribution in [0.4, 0.5) is 0 Å². The molecular formula is C10H17N3S. The fourth-order valence-corrected chi connectivity index (χ4v) is 2.58. The van der Waals surface area contributed by atoms with Crippen molar-refractivity contribution in [3.8, 4) is 0 Å². The number of rotatable bonds is 1. The lowest BCUT2D eigenvalue weighted by atomic mass is 10.0. The molecule has 1 N–H and O–H groups in total. The quantitative estimate of drug-likeness (QED) is 0.724. The van der Waals surface area contributed by atoms with Crippen LogP contribution in [0.25, 0.3) is 0 Å². The Morgan fingerprint density at radius 1 is 1.29 bits per heavy atom. The molecule has 14 heavy (non-hydrogen) atoms. The van der Waals surface area contributed by atoms with E-state index in [2.05, 4.69) is 37.8 Å². The van der Waals surface area contributed by atoms with E-state index in [9.17, 15) is 0 Å². The van der Waals surface area contributed by atoms with Crippen LogP contribution in [-0.2, 0) is 7.05 Å². The fourth-order valence-electron chi connectivity index (χ4n) is 2.43. The first-order valence-corrected chi connectivity index (χ1v) is 5.32. The summed E-state index contributed by atoms with van der Waals surface area (Å²) in [5, 5.41) is 3.22. The summed E-state index contributed by atoms with van der Waals surface area (Å²) in [5.41, 5.74) is 0.638. The molecule has 1 aromatic rings. The highest BCUT2D eigenvalue weighted by Crippen LogP contribution is 2.72. The molecule has 0 aliphatic heterocycles. The average Bonchev–Trinajstić information content (AvgIpc) is 2.31. The molecule has 1 aliphatic carbocycles. The van der Waals surface area contributed by atoms with Gasteiger partial charge >= 0.3 is 0 Å². The van der Waals surface area contributed by atoms with Gasteiger partial charge in [-0.25, -0.2) is 4.98 Å². The topological polar surface area (TPSA) is 33.6 Å². The Morgan fingerprint density at radius 3 is 2.07 bits per heavy atom. The first-order valence-electron chi connectivity index (χ1n) is 4.91. The number of aryl methyl sites for hydroxylation is 1. The number of aromatic nitrogens is 3. The molecule has 0 spiro atoms. The predicted octanol–water partition coefficient (Wildman–Crippen LogP) is 2.63. The molecule has 1 aliphatic rings. The first kappa shape index (κ1) is 9.90. The van der Waals surface area contributed by atoms with Gasteiger partial charge < -0.3 is 0 Å². The second-order valence-electron chi connectivity index (χ2n) is 5.33. The van der Waals surface area contributed by atoms with Gasteiger partial charge in [0.1, 0.15) is 5.82 Å². The summed E-state index contributed by atoms with van der Waals surface area (Å²) in [4.78, 5) is 4.39. The van der Waals surface area contributed by atoms with Gasteiger partial charge in [0, 0.05) is 13.0 Å². The van der Waals surface area contributed by atoms with Crippen LogP contribution in [0.1, 0.15) is 39.4 Å². The summed E-state index contributed by atoms with van der Waals surface area (Å²) in [6.07, 6.45) is 0. The second kappa shape index (κ2) is 2.48. The van der Waals surface area contributed by atoms with E-state index in [1.807, 2.05) is 7.05 Å². The van der Waals surface area contributed by atoms with Gasteiger partial charge in [-0.15, -0.1) is 0 Å². The van der Waals surface area contributed by atoms with Crippen molar-refractivity contribution in [1.82, 2.24) is 14.8 Å². The van der Waals surface area contributed by atoms with Crippen molar-refractivity contribution >= 4 is 12.2 Å². The molecule has 0 bridgehead atoms. The Hall–Kier alpha value is -0.640. The van der Waals surface area contributed by atoms with Crippen LogP contribution in [0.2, 0.25) is 0 Å². The van der Waals surface area contributed by atoms with Gasteiger partial charge in [-0.05, 0) is 23.0 Å². The van der Waals surface area contributed by atoms with Gasteiger partial charge in [-0.3, -0.25) is 9.78 Å². The number of nitrogens with one attached hydrogen (secondary N) is 1. The van der Waals surface area contributed by atoms with Crippen molar-refractivity contribution in [2.75, 3.05) is 0 Å². The van der Waals surface area contributed by atoms with Gasteiger partial charge in [0.25, 0.3) is 0 Å². The highest BCUT2D eigenvalue weighted by Gasteiger charge is 2.66. The maximum absolute atomic E-state index is 5.09. The molecule has 0 aromatic carbocycles. The van der Waals surface area contributed by atoms with E-state index in [0.29, 0.717) is 21.5 Å². The molecule has 0 atom stereocenters. The lowest BCUT2D eigenvalue weighted by Gasteiger charge is -2.03. The second-order valence-corrected chi connectivity index (χ2v) is 5.69. The van der Waals surface area contributed by atoms with Crippen molar-refractivity contribution in [3.05, 3.63) is 10.6 Å². The molecule has 1 saturated carbocycles. The predicted molar refractivity (Wildman–Crippen MR) is 58.7 cm³/mol. The zero-order valence-electron chi connectivity index (χ0n) is 9.38. The molecular weight excluding hydrogens is 194 g/mol. The van der Waals surface area contributed by atoms with E-state index in [4.69, 9.17) is 12.2 Å². The summed E-state index contributed by atoms with van der Waals surface area (Å²) in [6.45, 7) is 9.12. The van der Waals surface area contributed by atoms with Crippen LogP contribution in [0.3, 0.4) is 0 Å². The molecule has 0 radical (unpaired) electrons. The van der Waals surface area contributed by atoms with Gasteiger partial charge in [0.15, 0.2) is 0 Å². The van der Waals surface area contributed by atoms with Crippen LogP contribution in [0, 0.1) is 15.6 Å². The third-order valence-electron chi connectivity index (χ3n) is 4.08. The average molecular weight is 211 g/mol. The van der Waals surface area contributed by atoms with Crippen molar-refractivity contribution in [3.63, 3.8) is 0 Å². The van der Waals surface area contributed by atoms with Crippen LogP contribution >= 0.6 is 12.2 Å². The minimum atomic E-state index is 0.319. The molecule has 1 fully saturated rings. The summed E-state index contributed by atoms with van der Waals surface area (Å²) in [5.74, 6) is 1.53. The molecule has 3 nitrogen and oxygen atoms in total. The molecule has 78 valence electrons. The van der Waals surface area contributed by atoms with Crippen LogP contribution in [0.5, 0.6) is 0 Å². The minimum absolute atomic E-state index is 0.319. The zero-order chi connectivity index (χ0) is 10.7. The lowest BCUT2D eigenvalue weighted by Crippen LogP contribution is -1.95. The van der Waals surface area contributed by atoms with E-state index in [-0.39, 0.29) is 0 Å². The maximum atomic E-state index is 5.09. The van der Waals surface area contributed by atoms with E-state index >= 15 is 0 Å². The Bertz CT molecular complexity index is 411. The van der Waals surface area contributed by atoms with Crippen molar-refractivity contribution < 1.29 is 0 Å². The highest BCUT2D eigenvalue weighted by molar-refractivity contribution is 7.71. The van der Waals surface area contributed by atoms with Gasteiger partial charge in [-0.1, -0.05) is 27.7 Å². The standard InChI is InChI=1S/C10H17N3S/c1-9(2)6(10(9,3)4)7-11-8(14)13(5)12-7/h6H,1-5H3,(H,11,12,14). The zero-order valence-corrected chi connectivity index (χ0v) is 10.2. The summed E-state index contributed by atoms with van der Waals surface area (Å²) in [7, 11) is 1.90. The van der Waals surface area contributed by atoms with E-state index in [1.165, 1.54) is 0 Å². The minimum Gasteiger partial charge on any atom is -0.283 e. The van der Waals surface area contributed by atoms with Crippen molar-refractivity contribution in [2.24, 2.45) is 17.9 Å². The van der Waals surface area contributed by atoms with Gasteiger partial charge in [-0.2, -0.15) is 0 Å². The van der Waals surface area contributed by atoms with Crippen LogP contribution in [0.15, 0.2) is 0 Å². The van der Waals surface area contributed by atoms with E-state index < -0.39 is 0 Å². The van der Waals surface area contributed by atoms with Crippen molar-refractivity contribution in [1.29, 1.82) is 0 Å². The molecule has 2 rings (SSSR count). The first-order chi connectivity index (χ1) is 6.28. The van der Waals surface area contributed by atoms with Crippen molar-refractivity contribution in [2.45, 2.75) is 33.6 Å². The molecule has 1 heterocycles. The van der Waals surface area contributed by atoms with Crippen LogP contribution < -0.4 is 0 Å². The SMILES string of the molecule is Cn1[nH]c(C2C(C)(C)C2(C)C)nc1=S. The third-order valence-corrected chi connectivity index (χ3v) is 4.44. The largest absolute Gasteiger partial charge is 0.283 e. The molecule has 0 saturated heterocycles. The normalized spacial score (nSPS) is 23.8. The Labute approximate surface area is 89.5 Å². The fraction of sp³-hybridized carbons (Fsp3) is 0.800. The van der Waals surface area contributed by atoms with E-state index in [0.717, 1.165) is 5.82 Å². The highest BCUT2D eigenvalue weighted by atomic mass is 32.1. The van der Waals surface area contributed by atoms with E-state index in [1.54, 1.807) is 4.68 Å². The lowest BCUT2D eigenvalue weighted by molar-refractivity contribution is 0.457. The Balaban J connectivity index is 2.41. The summed E-state index contributed by atoms with van der Waals surface area (Å²) >= 11 is 5.09. The smallest absolute Gasteiger partial charge is 0.215 e. The molecule has 0 amide bonds. The number of H-pyrrole nitrogens is 1. The third kappa shape index (κ3) is 1.03. The Morgan fingerprint density at radius 2 is 1.79 bits per heavy atom. The number of nitrogens with zero attached hydrogens (tertiary/aromatic N) is 2. The number of hydrogen-bond donors (Lipinski definition) is 1. The molecule has 0 unspecified atom stereocenters.